The van der Waals surface area contributed by atoms with Crippen molar-refractivity contribution in [2.45, 2.75) is 44.9 Å². The predicted octanol–water partition coefficient (Wildman–Crippen LogP) is 8.41. The number of halogens is 2. The predicted molar refractivity (Wildman–Crippen MR) is 158 cm³/mol. The average molecular weight is 588 g/mol. The molecule has 0 saturated heterocycles. The highest BCUT2D eigenvalue weighted by atomic mass is 35.5. The number of rotatable bonds is 5. The Bertz CT molecular complexity index is 1630. The van der Waals surface area contributed by atoms with E-state index in [-0.39, 0.29) is 16.2 Å². The summed E-state index contributed by atoms with van der Waals surface area (Å²) >= 11 is 13.8. The fourth-order valence-electron chi connectivity index (χ4n) is 5.03. The van der Waals surface area contributed by atoms with Crippen molar-refractivity contribution in [3.05, 3.63) is 86.7 Å². The molecule has 0 bridgehead atoms. The van der Waals surface area contributed by atoms with Crippen LogP contribution in [0.3, 0.4) is 0 Å². The third-order valence-corrected chi connectivity index (χ3v) is 10.4. The molecule has 1 aliphatic carbocycles. The molecule has 1 aromatic heterocycles. The number of carbonyl (C=O) groups excluding carboxylic acids is 1. The molecule has 0 aliphatic heterocycles. The van der Waals surface area contributed by atoms with Crippen molar-refractivity contribution in [2.75, 3.05) is 10.0 Å². The quantitative estimate of drug-likeness (QED) is 0.246. The van der Waals surface area contributed by atoms with Crippen molar-refractivity contribution in [2.24, 2.45) is 11.3 Å². The molecular weight excluding hydrogens is 559 g/mol. The lowest BCUT2D eigenvalue weighted by Gasteiger charge is -2.33. The second-order valence-corrected chi connectivity index (χ2v) is 14.3. The van der Waals surface area contributed by atoms with E-state index in [0.29, 0.717) is 44.0 Å². The minimum atomic E-state index is -4.06. The van der Waals surface area contributed by atoms with Gasteiger partial charge in [0, 0.05) is 26.0 Å². The Morgan fingerprint density at radius 2 is 1.68 bits per heavy atom. The zero-order chi connectivity index (χ0) is 27.2. The first kappa shape index (κ1) is 27.0. The van der Waals surface area contributed by atoms with Crippen molar-refractivity contribution >= 4 is 71.9 Å². The molecule has 5 rings (SSSR count). The molecule has 5 nitrogen and oxygen atoms in total. The van der Waals surface area contributed by atoms with E-state index < -0.39 is 10.0 Å². The summed E-state index contributed by atoms with van der Waals surface area (Å²) in [5, 5.41) is 5.32. The molecule has 1 heterocycles. The van der Waals surface area contributed by atoms with Gasteiger partial charge in [-0.05, 0) is 77.9 Å². The molecule has 3 aromatic carbocycles. The third-order valence-electron chi connectivity index (χ3n) is 7.15. The molecule has 198 valence electrons. The molecule has 2 N–H and O–H groups in total. The number of benzene rings is 3. The highest BCUT2D eigenvalue weighted by molar-refractivity contribution is 7.93. The van der Waals surface area contributed by atoms with Crippen LogP contribution in [0.4, 0.5) is 10.7 Å². The molecule has 0 spiro atoms. The van der Waals surface area contributed by atoms with Gasteiger partial charge in [-0.25, -0.2) is 8.42 Å². The molecule has 0 unspecified atom stereocenters. The molecule has 0 fully saturated rings. The molecule has 1 aliphatic rings. The van der Waals surface area contributed by atoms with Crippen LogP contribution in [0.15, 0.2) is 65.6 Å². The van der Waals surface area contributed by atoms with Crippen LogP contribution < -0.4 is 10.0 Å². The van der Waals surface area contributed by atoms with Gasteiger partial charge in [0.05, 0.1) is 10.5 Å². The lowest BCUT2D eigenvalue weighted by Crippen LogP contribution is -2.27. The molecule has 4 aromatic rings. The Balaban J connectivity index is 1.58. The normalized spacial score (nSPS) is 15.8. The van der Waals surface area contributed by atoms with Crippen LogP contribution in [0.25, 0.3) is 10.8 Å². The lowest BCUT2D eigenvalue weighted by molar-refractivity contribution is 0.102. The van der Waals surface area contributed by atoms with E-state index in [1.165, 1.54) is 17.4 Å². The fourth-order valence-corrected chi connectivity index (χ4v) is 8.38. The lowest BCUT2D eigenvalue weighted by atomic mass is 9.72. The number of anilines is 2. The molecule has 38 heavy (non-hydrogen) atoms. The average Bonchev–Trinajstić information content (AvgIpc) is 3.21. The van der Waals surface area contributed by atoms with E-state index in [0.717, 1.165) is 28.7 Å². The largest absolute Gasteiger partial charge is 0.322 e. The number of nitrogens with one attached hydrogen (secondary N) is 2. The SMILES string of the molecule is CC(C)(C)[C@H]1CCc2c(sc(NS(=O)(=O)c3cccc4cccc(Cl)c34)c2C(=O)Nc2ccc(Cl)cc2)C1. The second kappa shape index (κ2) is 10.2. The van der Waals surface area contributed by atoms with Crippen LogP contribution in [-0.2, 0) is 22.9 Å². The summed E-state index contributed by atoms with van der Waals surface area (Å²) in [7, 11) is -4.06. The van der Waals surface area contributed by atoms with Gasteiger partial charge in [0.2, 0.25) is 0 Å². The first-order chi connectivity index (χ1) is 17.9. The maximum absolute atomic E-state index is 13.8. The van der Waals surface area contributed by atoms with E-state index in [4.69, 9.17) is 23.2 Å². The standard InChI is InChI=1S/C29H28Cl2N2O3S2/c1-29(2,3)18-10-15-21-23(16-18)37-28(26(21)27(34)32-20-13-11-19(30)12-14-20)33-38(35,36)24-9-5-7-17-6-4-8-22(31)25(17)24/h4-9,11-14,18,33H,10,15-16H2,1-3H3,(H,32,34)/t18-/m0/s1. The molecular formula is C29H28Cl2N2O3S2. The summed E-state index contributed by atoms with van der Waals surface area (Å²) in [5.41, 5.74) is 1.97. The van der Waals surface area contributed by atoms with Crippen LogP contribution in [0, 0.1) is 11.3 Å². The highest BCUT2D eigenvalue weighted by Gasteiger charge is 2.35. The van der Waals surface area contributed by atoms with Gasteiger partial charge in [-0.1, -0.05) is 68.2 Å². The van der Waals surface area contributed by atoms with Gasteiger partial charge in [-0.15, -0.1) is 11.3 Å². The Hall–Kier alpha value is -2.58. The smallest absolute Gasteiger partial charge is 0.263 e. The molecule has 1 amide bonds. The molecule has 0 radical (unpaired) electrons. The van der Waals surface area contributed by atoms with Gasteiger partial charge in [-0.2, -0.15) is 0 Å². The summed E-state index contributed by atoms with van der Waals surface area (Å²) in [4.78, 5) is 14.7. The number of hydrogen-bond acceptors (Lipinski definition) is 4. The van der Waals surface area contributed by atoms with Gasteiger partial charge in [0.15, 0.2) is 0 Å². The van der Waals surface area contributed by atoms with Gasteiger partial charge in [0.1, 0.15) is 5.00 Å². The van der Waals surface area contributed by atoms with E-state index >= 15 is 0 Å². The number of hydrogen-bond donors (Lipinski definition) is 2. The summed E-state index contributed by atoms with van der Waals surface area (Å²) in [6.07, 6.45) is 2.44. The van der Waals surface area contributed by atoms with Crippen LogP contribution in [0.5, 0.6) is 0 Å². The number of thiophene rings is 1. The Labute approximate surface area is 237 Å². The topological polar surface area (TPSA) is 75.3 Å². The minimum absolute atomic E-state index is 0.0728. The van der Waals surface area contributed by atoms with Gasteiger partial charge in [0.25, 0.3) is 15.9 Å². The number of amides is 1. The summed E-state index contributed by atoms with van der Waals surface area (Å²) < 4.78 is 30.3. The van der Waals surface area contributed by atoms with E-state index in [1.54, 1.807) is 42.5 Å². The Morgan fingerprint density at radius 3 is 2.37 bits per heavy atom. The minimum Gasteiger partial charge on any atom is -0.322 e. The van der Waals surface area contributed by atoms with Crippen molar-refractivity contribution in [1.29, 1.82) is 0 Å². The first-order valence-corrected chi connectivity index (χ1v) is 15.4. The van der Waals surface area contributed by atoms with E-state index in [2.05, 4.69) is 30.8 Å². The summed E-state index contributed by atoms with van der Waals surface area (Å²) in [6, 6.07) is 17.2. The molecule has 1 atom stereocenters. The monoisotopic (exact) mass is 586 g/mol. The van der Waals surface area contributed by atoms with Crippen LogP contribution >= 0.6 is 34.5 Å². The van der Waals surface area contributed by atoms with E-state index in [1.807, 2.05) is 12.1 Å². The van der Waals surface area contributed by atoms with Crippen molar-refractivity contribution in [3.63, 3.8) is 0 Å². The highest BCUT2D eigenvalue weighted by Crippen LogP contribution is 2.45. The third kappa shape index (κ3) is 5.30. The van der Waals surface area contributed by atoms with Crippen LogP contribution in [-0.4, -0.2) is 14.3 Å². The van der Waals surface area contributed by atoms with Crippen LogP contribution in [0.2, 0.25) is 10.0 Å². The van der Waals surface area contributed by atoms with Crippen molar-refractivity contribution in [1.82, 2.24) is 0 Å². The number of sulfonamides is 1. The van der Waals surface area contributed by atoms with Gasteiger partial charge in [-0.3, -0.25) is 9.52 Å². The second-order valence-electron chi connectivity index (χ2n) is 10.7. The van der Waals surface area contributed by atoms with Gasteiger partial charge >= 0.3 is 0 Å². The maximum atomic E-state index is 13.8. The Morgan fingerprint density at radius 1 is 1.00 bits per heavy atom. The van der Waals surface area contributed by atoms with Gasteiger partial charge < -0.3 is 5.32 Å². The molecule has 0 saturated carbocycles. The van der Waals surface area contributed by atoms with Crippen molar-refractivity contribution < 1.29 is 13.2 Å². The fraction of sp³-hybridized carbons (Fsp3) is 0.276. The first-order valence-electron chi connectivity index (χ1n) is 12.4. The molecule has 9 heteroatoms. The number of carbonyl (C=O) groups is 1. The van der Waals surface area contributed by atoms with Crippen LogP contribution in [0.1, 0.15) is 48.0 Å². The summed E-state index contributed by atoms with van der Waals surface area (Å²) in [5.74, 6) is 0.0786. The maximum Gasteiger partial charge on any atom is 0.263 e. The van der Waals surface area contributed by atoms with Crippen molar-refractivity contribution in [3.8, 4) is 0 Å². The Kier molecular flexibility index (Phi) is 7.24. The van der Waals surface area contributed by atoms with E-state index in [9.17, 15) is 13.2 Å². The number of fused-ring (bicyclic) bond motifs is 2. The summed E-state index contributed by atoms with van der Waals surface area (Å²) in [6.45, 7) is 6.66. The zero-order valence-corrected chi connectivity index (χ0v) is 24.4. The zero-order valence-electron chi connectivity index (χ0n) is 21.3.